The minimum absolute atomic E-state index is 0.0153. The van der Waals surface area contributed by atoms with Gasteiger partial charge in [0.25, 0.3) is 0 Å². The fraction of sp³-hybridized carbons (Fsp3) is 0.815. The van der Waals surface area contributed by atoms with Crippen LogP contribution in [0.1, 0.15) is 258 Å². The Morgan fingerprint density at radius 3 is 1.20 bits per heavy atom. The zero-order valence-corrected chi connectivity index (χ0v) is 39.4. The first-order valence-electron chi connectivity index (χ1n) is 25.7. The topological polar surface area (TPSA) is 86.6 Å². The van der Waals surface area contributed by atoms with E-state index in [1.54, 1.807) is 0 Å². The average molecular weight is 826 g/mol. The van der Waals surface area contributed by atoms with Crippen molar-refractivity contribution in [2.75, 3.05) is 6.61 Å². The standard InChI is InChI=1S/C54H99NO4/c1-4-7-10-13-16-19-22-25-27-30-32-35-38-41-44-47-52(57)50(46-43-40-37-34-31-29-26-23-20-17-14-11-8-5-2)54(59)55-51(49-56)53(58)48-45-42-39-36-33-28-24-21-18-15-12-9-6-3/h16-17,19-20,25-27,29,50-51,53,56,58H,4-15,18,21-24,28,30-49H2,1-3H3,(H,55,59)/b19-16-,20-17-,27-25-,29-26-/t50?,51-,53+/m0/s1. The number of Topliss-reactive ketones (excluding diaryl/α,β-unsaturated/α-hetero) is 1. The normalized spacial score (nSPS) is 13.7. The van der Waals surface area contributed by atoms with Gasteiger partial charge in [-0.05, 0) is 83.5 Å². The summed E-state index contributed by atoms with van der Waals surface area (Å²) in [6.45, 7) is 6.43. The van der Waals surface area contributed by atoms with Crippen LogP contribution in [0.5, 0.6) is 0 Å². The predicted molar refractivity (Wildman–Crippen MR) is 258 cm³/mol. The highest BCUT2D eigenvalue weighted by molar-refractivity contribution is 6.01. The van der Waals surface area contributed by atoms with Crippen molar-refractivity contribution in [3.8, 4) is 0 Å². The molecule has 3 N–H and O–H groups in total. The molecule has 0 aromatic rings. The Morgan fingerprint density at radius 2 is 0.780 bits per heavy atom. The molecule has 0 saturated carbocycles. The lowest BCUT2D eigenvalue weighted by Gasteiger charge is -2.25. The van der Waals surface area contributed by atoms with Crippen molar-refractivity contribution in [3.05, 3.63) is 48.6 Å². The SMILES string of the molecule is CCCCC/C=C\C/C=C\CCCCCCCC(=O)C(CCCCCC/C=C\C/C=C\CCCCC)C(=O)N[C@@H](CO)[C@H](O)CCCCCCCCCCCCCCC. The number of ketones is 1. The predicted octanol–water partition coefficient (Wildman–Crippen LogP) is 15.7. The van der Waals surface area contributed by atoms with E-state index in [0.29, 0.717) is 19.3 Å². The lowest BCUT2D eigenvalue weighted by atomic mass is 9.91. The van der Waals surface area contributed by atoms with Gasteiger partial charge < -0.3 is 15.5 Å². The first-order chi connectivity index (χ1) is 29.0. The molecular weight excluding hydrogens is 727 g/mol. The number of nitrogens with one attached hydrogen (secondary N) is 1. The van der Waals surface area contributed by atoms with Gasteiger partial charge in [-0.1, -0.05) is 217 Å². The Labute approximate surface area is 367 Å². The smallest absolute Gasteiger partial charge is 0.230 e. The van der Waals surface area contributed by atoms with Crippen LogP contribution in [0.15, 0.2) is 48.6 Å². The molecule has 59 heavy (non-hydrogen) atoms. The van der Waals surface area contributed by atoms with Crippen LogP contribution >= 0.6 is 0 Å². The summed E-state index contributed by atoms with van der Waals surface area (Å²) in [6, 6.07) is -0.732. The van der Waals surface area contributed by atoms with Crippen LogP contribution in [0, 0.1) is 5.92 Å². The number of allylic oxidation sites excluding steroid dienone is 8. The number of aliphatic hydroxyl groups is 2. The van der Waals surface area contributed by atoms with Crippen molar-refractivity contribution < 1.29 is 19.8 Å². The molecule has 0 saturated heterocycles. The number of rotatable bonds is 46. The van der Waals surface area contributed by atoms with Crippen molar-refractivity contribution in [3.63, 3.8) is 0 Å². The Kier molecular flexibility index (Phi) is 45.5. The molecule has 0 bridgehead atoms. The van der Waals surface area contributed by atoms with Gasteiger partial charge in [-0.15, -0.1) is 0 Å². The molecule has 3 atom stereocenters. The molecular formula is C54H99NO4. The van der Waals surface area contributed by atoms with Crippen molar-refractivity contribution in [2.45, 2.75) is 270 Å². The molecule has 0 aliphatic carbocycles. The van der Waals surface area contributed by atoms with E-state index in [1.807, 2.05) is 0 Å². The van der Waals surface area contributed by atoms with Gasteiger partial charge in [0.2, 0.25) is 5.91 Å². The zero-order valence-electron chi connectivity index (χ0n) is 39.4. The second-order valence-electron chi connectivity index (χ2n) is 17.6. The number of aliphatic hydroxyl groups excluding tert-OH is 2. The van der Waals surface area contributed by atoms with E-state index in [1.165, 1.54) is 122 Å². The summed E-state index contributed by atoms with van der Waals surface area (Å²) < 4.78 is 0. The second-order valence-corrected chi connectivity index (χ2v) is 17.6. The lowest BCUT2D eigenvalue weighted by Crippen LogP contribution is -2.49. The van der Waals surface area contributed by atoms with Crippen LogP contribution in [-0.4, -0.2) is 40.7 Å². The highest BCUT2D eigenvalue weighted by atomic mass is 16.3. The van der Waals surface area contributed by atoms with E-state index in [0.717, 1.165) is 96.3 Å². The van der Waals surface area contributed by atoms with Crippen LogP contribution in [0.3, 0.4) is 0 Å². The molecule has 0 heterocycles. The van der Waals surface area contributed by atoms with Crippen molar-refractivity contribution >= 4 is 11.7 Å². The molecule has 1 unspecified atom stereocenters. The van der Waals surface area contributed by atoms with Gasteiger partial charge in [0.15, 0.2) is 0 Å². The summed E-state index contributed by atoms with van der Waals surface area (Å²) in [6.07, 6.45) is 59.0. The van der Waals surface area contributed by atoms with Crippen LogP contribution in [0.2, 0.25) is 0 Å². The summed E-state index contributed by atoms with van der Waals surface area (Å²) in [4.78, 5) is 27.1. The maximum absolute atomic E-state index is 13.6. The van der Waals surface area contributed by atoms with Crippen LogP contribution in [0.4, 0.5) is 0 Å². The van der Waals surface area contributed by atoms with E-state index >= 15 is 0 Å². The third kappa shape index (κ3) is 39.9. The van der Waals surface area contributed by atoms with Crippen molar-refractivity contribution in [1.29, 1.82) is 0 Å². The van der Waals surface area contributed by atoms with Gasteiger partial charge >= 0.3 is 0 Å². The molecule has 0 rings (SSSR count). The van der Waals surface area contributed by atoms with Crippen LogP contribution in [0.25, 0.3) is 0 Å². The summed E-state index contributed by atoms with van der Waals surface area (Å²) in [7, 11) is 0. The number of unbranched alkanes of at least 4 members (excludes halogenated alkanes) is 27. The molecule has 5 heteroatoms. The molecule has 5 nitrogen and oxygen atoms in total. The van der Waals surface area contributed by atoms with Gasteiger partial charge in [-0.2, -0.15) is 0 Å². The second kappa shape index (κ2) is 47.1. The minimum atomic E-state index is -0.807. The van der Waals surface area contributed by atoms with Gasteiger partial charge in [-0.3, -0.25) is 9.59 Å². The fourth-order valence-electron chi connectivity index (χ4n) is 7.83. The molecule has 1 amide bonds. The molecule has 0 aliphatic heterocycles. The highest BCUT2D eigenvalue weighted by Crippen LogP contribution is 2.19. The molecule has 0 aromatic carbocycles. The van der Waals surface area contributed by atoms with E-state index in [9.17, 15) is 19.8 Å². The molecule has 344 valence electrons. The molecule has 0 fully saturated rings. The maximum atomic E-state index is 13.6. The fourth-order valence-corrected chi connectivity index (χ4v) is 7.83. The number of hydrogen-bond donors (Lipinski definition) is 3. The maximum Gasteiger partial charge on any atom is 0.230 e. The van der Waals surface area contributed by atoms with Gasteiger partial charge in [-0.25, -0.2) is 0 Å². The number of carbonyl (C=O) groups excluding carboxylic acids is 2. The number of hydrogen-bond acceptors (Lipinski definition) is 4. The van der Waals surface area contributed by atoms with E-state index in [-0.39, 0.29) is 18.3 Å². The lowest BCUT2D eigenvalue weighted by molar-refractivity contribution is -0.135. The Bertz CT molecular complexity index is 1020. The minimum Gasteiger partial charge on any atom is -0.394 e. The monoisotopic (exact) mass is 826 g/mol. The number of carbonyl (C=O) groups is 2. The molecule has 0 spiro atoms. The summed E-state index contributed by atoms with van der Waals surface area (Å²) in [5, 5.41) is 24.0. The summed E-state index contributed by atoms with van der Waals surface area (Å²) in [5.41, 5.74) is 0. The van der Waals surface area contributed by atoms with Crippen LogP contribution < -0.4 is 5.32 Å². The summed E-state index contributed by atoms with van der Waals surface area (Å²) in [5.74, 6) is -1.00. The van der Waals surface area contributed by atoms with E-state index in [4.69, 9.17) is 0 Å². The first kappa shape index (κ1) is 57.0. The molecule has 0 aliphatic rings. The van der Waals surface area contributed by atoms with E-state index < -0.39 is 18.1 Å². The first-order valence-corrected chi connectivity index (χ1v) is 25.7. The highest BCUT2D eigenvalue weighted by Gasteiger charge is 2.29. The Balaban J connectivity index is 4.68. The van der Waals surface area contributed by atoms with E-state index in [2.05, 4.69) is 74.7 Å². The van der Waals surface area contributed by atoms with Crippen LogP contribution in [-0.2, 0) is 9.59 Å². The largest absolute Gasteiger partial charge is 0.394 e. The average Bonchev–Trinajstić information content (AvgIpc) is 3.24. The van der Waals surface area contributed by atoms with Gasteiger partial charge in [0.05, 0.1) is 24.7 Å². The zero-order chi connectivity index (χ0) is 43.1. The van der Waals surface area contributed by atoms with Gasteiger partial charge in [0, 0.05) is 6.42 Å². The van der Waals surface area contributed by atoms with Crippen molar-refractivity contribution in [2.24, 2.45) is 5.92 Å². The number of amides is 1. The Morgan fingerprint density at radius 1 is 0.441 bits per heavy atom. The van der Waals surface area contributed by atoms with Crippen molar-refractivity contribution in [1.82, 2.24) is 5.32 Å². The third-order valence-corrected chi connectivity index (χ3v) is 11.9. The molecule has 0 aromatic heterocycles. The summed E-state index contributed by atoms with van der Waals surface area (Å²) >= 11 is 0. The van der Waals surface area contributed by atoms with Gasteiger partial charge in [0.1, 0.15) is 5.78 Å². The third-order valence-electron chi connectivity index (χ3n) is 11.9. The Hall–Kier alpha value is -1.98. The molecule has 0 radical (unpaired) electrons. The quantitative estimate of drug-likeness (QED) is 0.0324.